The van der Waals surface area contributed by atoms with Gasteiger partial charge in [-0.3, -0.25) is 9.59 Å². The molecule has 116 valence electrons. The molecule has 0 radical (unpaired) electrons. The van der Waals surface area contributed by atoms with Gasteiger partial charge in [-0.25, -0.2) is 4.79 Å². The van der Waals surface area contributed by atoms with Gasteiger partial charge in [-0.1, -0.05) is 21.6 Å². The fraction of sp³-hybridized carbons (Fsp3) is 0.667. The first-order chi connectivity index (χ1) is 9.29. The lowest BCUT2D eigenvalue weighted by Crippen LogP contribution is -2.50. The van der Waals surface area contributed by atoms with Crippen molar-refractivity contribution in [1.82, 2.24) is 5.32 Å². The van der Waals surface area contributed by atoms with Crippen molar-refractivity contribution in [2.24, 2.45) is 11.5 Å². The molecule has 0 aliphatic heterocycles. The van der Waals surface area contributed by atoms with Crippen molar-refractivity contribution in [2.75, 3.05) is 17.3 Å². The number of aliphatic carboxylic acids is 2. The number of rotatable bonds is 10. The Balaban J connectivity index is 4.13. The molecule has 0 aromatic carbocycles. The zero-order chi connectivity index (χ0) is 15.7. The van der Waals surface area contributed by atoms with Crippen LogP contribution in [0.3, 0.4) is 0 Å². The van der Waals surface area contributed by atoms with Gasteiger partial charge < -0.3 is 27.0 Å². The Bertz CT molecular complexity index is 358. The third kappa shape index (κ3) is 7.85. The minimum absolute atomic E-state index is 0.0668. The first kappa shape index (κ1) is 19.4. The van der Waals surface area contributed by atoms with Gasteiger partial charge in [0.25, 0.3) is 0 Å². The van der Waals surface area contributed by atoms with Gasteiger partial charge in [-0.15, -0.1) is 0 Å². The molecule has 0 aliphatic rings. The number of carbonyl (C=O) groups excluding carboxylic acids is 1. The van der Waals surface area contributed by atoms with Crippen LogP contribution >= 0.6 is 34.2 Å². The highest BCUT2D eigenvalue weighted by Crippen LogP contribution is 2.22. The highest BCUT2D eigenvalue weighted by molar-refractivity contribution is 8.76. The second-order valence-electron chi connectivity index (χ2n) is 3.70. The Morgan fingerprint density at radius 2 is 1.60 bits per heavy atom. The van der Waals surface area contributed by atoms with Crippen molar-refractivity contribution < 1.29 is 24.6 Å². The van der Waals surface area contributed by atoms with E-state index in [2.05, 4.69) is 17.9 Å². The van der Waals surface area contributed by atoms with Gasteiger partial charge in [0.15, 0.2) is 0 Å². The summed E-state index contributed by atoms with van der Waals surface area (Å²) in [7, 11) is 2.24. The molecule has 8 nitrogen and oxygen atoms in total. The van der Waals surface area contributed by atoms with Crippen LogP contribution in [0.4, 0.5) is 0 Å². The molecule has 0 aromatic rings. The Morgan fingerprint density at radius 1 is 1.05 bits per heavy atom. The molecule has 7 N–H and O–H groups in total. The van der Waals surface area contributed by atoms with Gasteiger partial charge >= 0.3 is 11.9 Å². The van der Waals surface area contributed by atoms with Gasteiger partial charge in [-0.05, 0) is 0 Å². The average Bonchev–Trinajstić information content (AvgIpc) is 2.39. The molecule has 0 spiro atoms. The van der Waals surface area contributed by atoms with E-state index < -0.39 is 36.0 Å². The number of carbonyl (C=O) groups is 3. The molecule has 0 saturated heterocycles. The van der Waals surface area contributed by atoms with E-state index in [1.165, 1.54) is 0 Å². The van der Waals surface area contributed by atoms with E-state index in [0.29, 0.717) is 0 Å². The Hall–Kier alpha value is -0.620. The zero-order valence-electron chi connectivity index (χ0n) is 10.4. The summed E-state index contributed by atoms with van der Waals surface area (Å²) in [5, 5.41) is 19.8. The topological polar surface area (TPSA) is 156 Å². The van der Waals surface area contributed by atoms with Crippen LogP contribution in [0.15, 0.2) is 0 Å². The third-order valence-corrected chi connectivity index (χ3v) is 4.87. The van der Waals surface area contributed by atoms with E-state index in [1.54, 1.807) is 0 Å². The molecule has 0 aliphatic carbocycles. The first-order valence-corrected chi connectivity index (χ1v) is 8.54. The largest absolute Gasteiger partial charge is 0.480 e. The molecule has 20 heavy (non-hydrogen) atoms. The van der Waals surface area contributed by atoms with E-state index in [-0.39, 0.29) is 17.3 Å². The van der Waals surface area contributed by atoms with Gasteiger partial charge in [-0.2, -0.15) is 12.6 Å². The highest BCUT2D eigenvalue weighted by Gasteiger charge is 2.23. The predicted octanol–water partition coefficient (Wildman–Crippen LogP) is -1.39. The number of hydrogen-bond donors (Lipinski definition) is 6. The van der Waals surface area contributed by atoms with Gasteiger partial charge in [0, 0.05) is 17.3 Å². The zero-order valence-corrected chi connectivity index (χ0v) is 12.9. The van der Waals surface area contributed by atoms with Crippen molar-refractivity contribution in [3.63, 3.8) is 0 Å². The van der Waals surface area contributed by atoms with Crippen molar-refractivity contribution in [2.45, 2.75) is 18.1 Å². The van der Waals surface area contributed by atoms with Crippen LogP contribution in [0.1, 0.15) is 0 Å². The molecule has 0 heterocycles. The fourth-order valence-electron chi connectivity index (χ4n) is 0.845. The van der Waals surface area contributed by atoms with E-state index >= 15 is 0 Å². The summed E-state index contributed by atoms with van der Waals surface area (Å²) in [6, 6.07) is -2.99. The molecule has 0 saturated carbocycles. The van der Waals surface area contributed by atoms with Crippen LogP contribution in [0.2, 0.25) is 0 Å². The molecule has 11 heteroatoms. The maximum Gasteiger partial charge on any atom is 0.327 e. The molecule has 0 aromatic heterocycles. The van der Waals surface area contributed by atoms with Crippen LogP contribution in [-0.4, -0.2) is 63.4 Å². The predicted molar refractivity (Wildman–Crippen MR) is 81.9 cm³/mol. The second kappa shape index (κ2) is 10.2. The number of carboxylic acid groups (broad SMARTS) is 2. The van der Waals surface area contributed by atoms with E-state index in [1.807, 2.05) is 0 Å². The Kier molecular flexibility index (Phi) is 9.84. The van der Waals surface area contributed by atoms with Crippen LogP contribution in [0.5, 0.6) is 0 Å². The van der Waals surface area contributed by atoms with Crippen LogP contribution < -0.4 is 16.8 Å². The summed E-state index contributed by atoms with van der Waals surface area (Å²) >= 11 is 3.84. The lowest BCUT2D eigenvalue weighted by atomic mass is 10.3. The summed E-state index contributed by atoms with van der Waals surface area (Å²) in [5.41, 5.74) is 10.7. The fourth-order valence-corrected chi connectivity index (χ4v) is 3.28. The van der Waals surface area contributed by atoms with Gasteiger partial charge in [0.2, 0.25) is 5.91 Å². The number of amides is 1. The number of carboxylic acids is 2. The first-order valence-electron chi connectivity index (χ1n) is 5.42. The quantitative estimate of drug-likeness (QED) is 0.160. The monoisotopic (exact) mass is 343 g/mol. The molecule has 0 fully saturated rings. The molecular weight excluding hydrogens is 326 g/mol. The average molecular weight is 343 g/mol. The van der Waals surface area contributed by atoms with Crippen molar-refractivity contribution in [3.8, 4) is 0 Å². The normalized spacial score (nSPS) is 15.2. The summed E-state index contributed by atoms with van der Waals surface area (Å²) in [5.74, 6) is -2.61. The van der Waals surface area contributed by atoms with E-state index in [4.69, 9.17) is 21.7 Å². The summed E-state index contributed by atoms with van der Waals surface area (Å²) in [6.07, 6.45) is 0. The number of nitrogens with one attached hydrogen (secondary N) is 1. The number of nitrogens with two attached hydrogens (primary N) is 2. The van der Waals surface area contributed by atoms with Crippen LogP contribution in [0, 0.1) is 0 Å². The van der Waals surface area contributed by atoms with E-state index in [0.717, 1.165) is 21.6 Å². The van der Waals surface area contributed by atoms with Gasteiger partial charge in [0.1, 0.15) is 12.1 Å². The van der Waals surface area contributed by atoms with Crippen LogP contribution in [-0.2, 0) is 14.4 Å². The highest BCUT2D eigenvalue weighted by atomic mass is 33.1. The SMILES string of the molecule is NC(CSSC[C@H](NC(=O)[C@@H](N)CS)C(=O)O)C(=O)O. The van der Waals surface area contributed by atoms with E-state index in [9.17, 15) is 14.4 Å². The lowest BCUT2D eigenvalue weighted by Gasteiger charge is -2.16. The van der Waals surface area contributed by atoms with Crippen molar-refractivity contribution in [1.29, 1.82) is 0 Å². The Labute approximate surface area is 129 Å². The summed E-state index contributed by atoms with van der Waals surface area (Å²) in [4.78, 5) is 32.9. The third-order valence-electron chi connectivity index (χ3n) is 2.03. The molecule has 0 rings (SSSR count). The molecule has 1 unspecified atom stereocenters. The van der Waals surface area contributed by atoms with Crippen LogP contribution in [0.25, 0.3) is 0 Å². The minimum Gasteiger partial charge on any atom is -0.480 e. The minimum atomic E-state index is -1.19. The maximum atomic E-state index is 11.5. The van der Waals surface area contributed by atoms with Gasteiger partial charge in [0.05, 0.1) is 6.04 Å². The summed E-state index contributed by atoms with van der Waals surface area (Å²) < 4.78 is 0. The number of hydrogen-bond acceptors (Lipinski definition) is 8. The molecule has 0 bridgehead atoms. The summed E-state index contributed by atoms with van der Waals surface area (Å²) in [6.45, 7) is 0. The van der Waals surface area contributed by atoms with Crippen molar-refractivity contribution >= 4 is 52.1 Å². The standard InChI is InChI=1S/C9H17N3O5S3/c10-4(1-18)7(13)12-6(9(16)17)3-20-19-2-5(11)8(14)15/h4-6,18H,1-3,10-11H2,(H,12,13)(H,14,15)(H,16,17)/t4-,5?,6-/m0/s1. The molecular formula is C9H17N3O5S3. The van der Waals surface area contributed by atoms with Crippen molar-refractivity contribution in [3.05, 3.63) is 0 Å². The number of thiol groups is 1. The maximum absolute atomic E-state index is 11.5. The lowest BCUT2D eigenvalue weighted by molar-refractivity contribution is -0.141. The molecule has 1 amide bonds. The Morgan fingerprint density at radius 3 is 2.05 bits per heavy atom. The second-order valence-corrected chi connectivity index (χ2v) is 6.62. The molecule has 3 atom stereocenters. The smallest absolute Gasteiger partial charge is 0.327 e.